The summed E-state index contributed by atoms with van der Waals surface area (Å²) in [6.07, 6.45) is -5.40. The van der Waals surface area contributed by atoms with Gasteiger partial charge in [0.25, 0.3) is 0 Å². The van der Waals surface area contributed by atoms with Gasteiger partial charge in [0, 0.05) is 0 Å². The van der Waals surface area contributed by atoms with Crippen LogP contribution in [0.1, 0.15) is 6.42 Å². The fourth-order valence-corrected chi connectivity index (χ4v) is 0.508. The average Bonchev–Trinajstić information content (AvgIpc) is 1.85. The molecule has 7 heteroatoms. The third-order valence-electron chi connectivity index (χ3n) is 1.25. The van der Waals surface area contributed by atoms with Crippen LogP contribution in [0, 0.1) is 0 Å². The maximum Gasteiger partial charge on any atom is 0.403 e. The van der Waals surface area contributed by atoms with Crippen molar-refractivity contribution in [2.24, 2.45) is 11.5 Å². The second-order valence-corrected chi connectivity index (χ2v) is 2.33. The first kappa shape index (κ1) is 11.2. The molecule has 0 spiro atoms. The van der Waals surface area contributed by atoms with Crippen molar-refractivity contribution < 1.29 is 23.1 Å². The molecule has 0 aromatic rings. The highest BCUT2D eigenvalue weighted by Crippen LogP contribution is 2.21. The molecule has 72 valence electrons. The molecule has 0 aromatic carbocycles. The fraction of sp³-hybridized carbons (Fsp3) is 0.800. The maximum absolute atomic E-state index is 11.7. The molecule has 0 radical (unpaired) electrons. The molecule has 0 saturated heterocycles. The minimum atomic E-state index is -4.59. The minimum absolute atomic E-state index is 0.807. The smallest absolute Gasteiger partial charge is 0.403 e. The zero-order chi connectivity index (χ0) is 9.94. The van der Waals surface area contributed by atoms with Crippen molar-refractivity contribution in [3.63, 3.8) is 0 Å². The number of halogens is 3. The van der Waals surface area contributed by atoms with Crippen molar-refractivity contribution in [2.75, 3.05) is 0 Å². The van der Waals surface area contributed by atoms with Crippen molar-refractivity contribution >= 4 is 5.97 Å². The molecular weight excluding hydrogens is 177 g/mol. The van der Waals surface area contributed by atoms with E-state index < -0.39 is 30.7 Å². The van der Waals surface area contributed by atoms with E-state index >= 15 is 0 Å². The van der Waals surface area contributed by atoms with Crippen LogP contribution in [-0.4, -0.2) is 29.3 Å². The lowest BCUT2D eigenvalue weighted by Crippen LogP contribution is -2.44. The Hall–Kier alpha value is -0.820. The highest BCUT2D eigenvalue weighted by Gasteiger charge is 2.38. The van der Waals surface area contributed by atoms with E-state index in [0.717, 1.165) is 0 Å². The molecular formula is C5H9F3N2O2. The van der Waals surface area contributed by atoms with Crippen LogP contribution in [0.25, 0.3) is 0 Å². The quantitative estimate of drug-likeness (QED) is 0.563. The van der Waals surface area contributed by atoms with E-state index in [4.69, 9.17) is 10.8 Å². The predicted octanol–water partition coefficient (Wildman–Crippen LogP) is -0.322. The van der Waals surface area contributed by atoms with Gasteiger partial charge in [0.15, 0.2) is 0 Å². The summed E-state index contributed by atoms with van der Waals surface area (Å²) in [7, 11) is 0. The third kappa shape index (κ3) is 3.54. The van der Waals surface area contributed by atoms with Crippen LogP contribution in [0.15, 0.2) is 0 Å². The Morgan fingerprint density at radius 3 is 2.08 bits per heavy atom. The van der Waals surface area contributed by atoms with Gasteiger partial charge in [-0.05, 0) is 6.42 Å². The number of hydrogen-bond donors (Lipinski definition) is 3. The molecule has 0 aliphatic carbocycles. The Bertz CT molecular complexity index is 171. The number of nitrogens with two attached hydrogens (primary N) is 2. The summed E-state index contributed by atoms with van der Waals surface area (Å²) >= 11 is 0. The molecule has 0 bridgehead atoms. The summed E-state index contributed by atoms with van der Waals surface area (Å²) < 4.78 is 35.1. The molecule has 0 amide bonds. The minimum Gasteiger partial charge on any atom is -0.480 e. The van der Waals surface area contributed by atoms with Crippen LogP contribution in [0.5, 0.6) is 0 Å². The first-order valence-electron chi connectivity index (χ1n) is 3.06. The van der Waals surface area contributed by atoms with Crippen molar-refractivity contribution in [1.82, 2.24) is 0 Å². The van der Waals surface area contributed by atoms with Gasteiger partial charge < -0.3 is 16.6 Å². The van der Waals surface area contributed by atoms with Gasteiger partial charge in [0.1, 0.15) is 12.1 Å². The summed E-state index contributed by atoms with van der Waals surface area (Å²) in [5.74, 6) is -1.49. The molecule has 5 N–H and O–H groups in total. The molecule has 0 aromatic heterocycles. The summed E-state index contributed by atoms with van der Waals surface area (Å²) in [6, 6.07) is -3.75. The first-order valence-corrected chi connectivity index (χ1v) is 3.06. The molecule has 0 aliphatic rings. The Morgan fingerprint density at radius 2 is 1.83 bits per heavy atom. The van der Waals surface area contributed by atoms with Gasteiger partial charge in [-0.2, -0.15) is 13.2 Å². The number of aliphatic carboxylic acids is 1. The lowest BCUT2D eigenvalue weighted by molar-refractivity contribution is -0.153. The average molecular weight is 186 g/mol. The van der Waals surface area contributed by atoms with Gasteiger partial charge in [0.2, 0.25) is 0 Å². The van der Waals surface area contributed by atoms with E-state index in [1.807, 2.05) is 0 Å². The van der Waals surface area contributed by atoms with Gasteiger partial charge in [-0.15, -0.1) is 0 Å². The number of alkyl halides is 3. The highest BCUT2D eigenvalue weighted by atomic mass is 19.4. The molecule has 12 heavy (non-hydrogen) atoms. The first-order chi connectivity index (χ1) is 5.25. The van der Waals surface area contributed by atoms with E-state index in [0.29, 0.717) is 0 Å². The van der Waals surface area contributed by atoms with Gasteiger partial charge in [-0.1, -0.05) is 0 Å². The van der Waals surface area contributed by atoms with E-state index in [9.17, 15) is 18.0 Å². The Morgan fingerprint density at radius 1 is 1.42 bits per heavy atom. The molecule has 4 nitrogen and oxygen atoms in total. The molecule has 0 fully saturated rings. The van der Waals surface area contributed by atoms with Crippen LogP contribution < -0.4 is 11.5 Å². The highest BCUT2D eigenvalue weighted by molar-refractivity contribution is 5.73. The number of carbonyl (C=O) groups is 1. The molecule has 2 unspecified atom stereocenters. The normalized spacial score (nSPS) is 17.1. The van der Waals surface area contributed by atoms with E-state index in [2.05, 4.69) is 5.73 Å². The zero-order valence-corrected chi connectivity index (χ0v) is 6.01. The summed E-state index contributed by atoms with van der Waals surface area (Å²) in [6.45, 7) is 0. The van der Waals surface area contributed by atoms with Gasteiger partial charge >= 0.3 is 12.1 Å². The number of hydrogen-bond acceptors (Lipinski definition) is 3. The SMILES string of the molecule is NC(CC(N)C(F)(F)F)C(=O)O. The number of carboxylic acid groups (broad SMARTS) is 1. The fourth-order valence-electron chi connectivity index (χ4n) is 0.508. The van der Waals surface area contributed by atoms with Crippen LogP contribution in [-0.2, 0) is 4.79 Å². The number of rotatable bonds is 3. The van der Waals surface area contributed by atoms with Crippen LogP contribution in [0.2, 0.25) is 0 Å². The van der Waals surface area contributed by atoms with E-state index in [1.165, 1.54) is 0 Å². The third-order valence-corrected chi connectivity index (χ3v) is 1.25. The van der Waals surface area contributed by atoms with Crippen molar-refractivity contribution in [2.45, 2.75) is 24.7 Å². The molecule has 0 rings (SSSR count). The van der Waals surface area contributed by atoms with E-state index in [1.54, 1.807) is 0 Å². The van der Waals surface area contributed by atoms with Gasteiger partial charge in [-0.25, -0.2) is 0 Å². The second-order valence-electron chi connectivity index (χ2n) is 2.33. The monoisotopic (exact) mass is 186 g/mol. The second kappa shape index (κ2) is 3.72. The van der Waals surface area contributed by atoms with Gasteiger partial charge in [0.05, 0.1) is 0 Å². The van der Waals surface area contributed by atoms with Crippen LogP contribution >= 0.6 is 0 Å². The molecule has 0 saturated carbocycles. The standard InChI is InChI=1S/C5H9F3N2O2/c6-5(7,8)3(10)1-2(9)4(11)12/h2-3H,1,9-10H2,(H,11,12). The molecule has 0 aliphatic heterocycles. The Labute approximate surface area is 66.3 Å². The van der Waals surface area contributed by atoms with Gasteiger partial charge in [-0.3, -0.25) is 4.79 Å². The number of carboxylic acids is 1. The van der Waals surface area contributed by atoms with Crippen molar-refractivity contribution in [1.29, 1.82) is 0 Å². The van der Waals surface area contributed by atoms with Crippen LogP contribution in [0.4, 0.5) is 13.2 Å². The van der Waals surface area contributed by atoms with Crippen molar-refractivity contribution in [3.05, 3.63) is 0 Å². The Balaban J connectivity index is 4.01. The largest absolute Gasteiger partial charge is 0.480 e. The Kier molecular flexibility index (Phi) is 3.47. The lowest BCUT2D eigenvalue weighted by Gasteiger charge is -2.16. The van der Waals surface area contributed by atoms with Crippen LogP contribution in [0.3, 0.4) is 0 Å². The van der Waals surface area contributed by atoms with E-state index in [-0.39, 0.29) is 0 Å². The predicted molar refractivity (Wildman–Crippen MR) is 34.3 cm³/mol. The summed E-state index contributed by atoms with van der Waals surface area (Å²) in [5.41, 5.74) is 9.46. The maximum atomic E-state index is 11.7. The lowest BCUT2D eigenvalue weighted by atomic mass is 10.1. The summed E-state index contributed by atoms with van der Waals surface area (Å²) in [4.78, 5) is 10.0. The molecule has 0 heterocycles. The molecule has 2 atom stereocenters. The van der Waals surface area contributed by atoms with Crippen molar-refractivity contribution in [3.8, 4) is 0 Å². The topological polar surface area (TPSA) is 89.3 Å². The zero-order valence-electron chi connectivity index (χ0n) is 6.01. The summed E-state index contributed by atoms with van der Waals surface area (Å²) in [5, 5.41) is 8.15.